The molecule has 1 N–H and O–H groups in total. The van der Waals surface area contributed by atoms with Crippen molar-refractivity contribution in [2.75, 3.05) is 20.8 Å². The zero-order valence-corrected chi connectivity index (χ0v) is 19.2. The van der Waals surface area contributed by atoms with Crippen LogP contribution in [0.5, 0.6) is 11.5 Å². The van der Waals surface area contributed by atoms with Gasteiger partial charge in [0.25, 0.3) is 11.7 Å². The number of Topliss-reactive ketones (excluding diaryl/α,β-unsaturated/α-hetero) is 1. The number of aliphatic hydroxyl groups excluding tert-OH is 1. The molecule has 1 aliphatic heterocycles. The smallest absolute Gasteiger partial charge is 0.295 e. The topological polar surface area (TPSA) is 76.1 Å². The predicted octanol–water partition coefficient (Wildman–Crippen LogP) is 5.21. The van der Waals surface area contributed by atoms with Crippen LogP contribution in [0.15, 0.2) is 23.1 Å². The molecule has 1 saturated heterocycles. The number of likely N-dealkylation sites (tertiary alicyclic amines) is 1. The van der Waals surface area contributed by atoms with Crippen LogP contribution in [-0.4, -0.2) is 42.5 Å². The Balaban J connectivity index is 2.31. The number of hydrogen-bond acceptors (Lipinski definition) is 6. The predicted molar refractivity (Wildman–Crippen MR) is 118 cm³/mol. The van der Waals surface area contributed by atoms with Gasteiger partial charge in [-0.1, -0.05) is 30.1 Å². The molecule has 1 fully saturated rings. The first-order chi connectivity index (χ1) is 14.3. The zero-order chi connectivity index (χ0) is 22.2. The van der Waals surface area contributed by atoms with Crippen molar-refractivity contribution in [2.24, 2.45) is 0 Å². The third-order valence-corrected chi connectivity index (χ3v) is 6.64. The Morgan fingerprint density at radius 1 is 1.23 bits per heavy atom. The minimum atomic E-state index is -0.760. The second-order valence-electron chi connectivity index (χ2n) is 6.75. The molecule has 0 aliphatic carbocycles. The van der Waals surface area contributed by atoms with Crippen LogP contribution in [0.3, 0.4) is 0 Å². The number of hydrogen-bond donors (Lipinski definition) is 1. The first-order valence-corrected chi connectivity index (χ1v) is 10.8. The molecule has 0 saturated carbocycles. The maximum Gasteiger partial charge on any atom is 0.295 e. The summed E-state index contributed by atoms with van der Waals surface area (Å²) in [6.07, 6.45) is 0.664. The number of carbonyl (C=O) groups excluding carboxylic acids is 2. The Kier molecular flexibility index (Phi) is 6.65. The number of nitrogens with zero attached hydrogens (tertiary/aromatic N) is 1. The van der Waals surface area contributed by atoms with Gasteiger partial charge < -0.3 is 19.5 Å². The summed E-state index contributed by atoms with van der Waals surface area (Å²) in [6, 6.07) is 2.62. The molecule has 0 bridgehead atoms. The van der Waals surface area contributed by atoms with E-state index in [2.05, 4.69) is 0 Å². The van der Waals surface area contributed by atoms with Crippen molar-refractivity contribution < 1.29 is 24.2 Å². The Labute approximate surface area is 188 Å². The van der Waals surface area contributed by atoms with Gasteiger partial charge in [0, 0.05) is 11.4 Å². The van der Waals surface area contributed by atoms with Crippen molar-refractivity contribution in [1.29, 1.82) is 0 Å². The molecule has 1 atom stereocenters. The maximum atomic E-state index is 13.0. The Morgan fingerprint density at radius 2 is 1.90 bits per heavy atom. The van der Waals surface area contributed by atoms with Crippen LogP contribution < -0.4 is 9.47 Å². The molecule has 1 aliphatic rings. The minimum Gasteiger partial charge on any atom is -0.507 e. The van der Waals surface area contributed by atoms with Gasteiger partial charge in [-0.3, -0.25) is 9.59 Å². The number of aryl methyl sites for hydroxylation is 1. The number of ether oxygens (including phenoxy) is 2. The highest BCUT2D eigenvalue weighted by atomic mass is 35.5. The summed E-state index contributed by atoms with van der Waals surface area (Å²) in [5, 5.41) is 13.3. The third-order valence-electron chi connectivity index (χ3n) is 4.95. The van der Waals surface area contributed by atoms with E-state index in [0.717, 1.165) is 10.4 Å². The van der Waals surface area contributed by atoms with E-state index in [1.807, 2.05) is 25.3 Å². The molecule has 0 radical (unpaired) electrons. The number of carbonyl (C=O) groups is 2. The summed E-state index contributed by atoms with van der Waals surface area (Å²) in [5.74, 6) is -1.53. The molecule has 9 heteroatoms. The lowest BCUT2D eigenvalue weighted by atomic mass is 9.97. The van der Waals surface area contributed by atoms with Crippen LogP contribution in [0.25, 0.3) is 5.76 Å². The molecule has 3 rings (SSSR count). The Bertz CT molecular complexity index is 1050. The summed E-state index contributed by atoms with van der Waals surface area (Å²) in [5.41, 5.74) is 1.02. The highest BCUT2D eigenvalue weighted by molar-refractivity contribution is 7.10. The average Bonchev–Trinajstić information content (AvgIpc) is 3.23. The number of methoxy groups -OCH3 is 2. The van der Waals surface area contributed by atoms with Gasteiger partial charge in [-0.15, -0.1) is 11.3 Å². The van der Waals surface area contributed by atoms with E-state index in [0.29, 0.717) is 13.0 Å². The van der Waals surface area contributed by atoms with E-state index in [9.17, 15) is 14.7 Å². The van der Waals surface area contributed by atoms with Crippen molar-refractivity contribution in [3.05, 3.63) is 49.1 Å². The number of amides is 1. The second-order valence-corrected chi connectivity index (χ2v) is 8.48. The van der Waals surface area contributed by atoms with Gasteiger partial charge in [0.05, 0.1) is 36.4 Å². The van der Waals surface area contributed by atoms with Crippen molar-refractivity contribution in [2.45, 2.75) is 26.3 Å². The van der Waals surface area contributed by atoms with Crippen LogP contribution >= 0.6 is 34.5 Å². The number of benzene rings is 1. The number of thiophene rings is 1. The fourth-order valence-electron chi connectivity index (χ4n) is 3.58. The first kappa shape index (κ1) is 22.5. The van der Waals surface area contributed by atoms with Crippen LogP contribution in [0, 0.1) is 6.92 Å². The van der Waals surface area contributed by atoms with Crippen LogP contribution in [0.2, 0.25) is 10.0 Å². The molecule has 1 amide bonds. The molecule has 160 valence electrons. The van der Waals surface area contributed by atoms with E-state index < -0.39 is 23.5 Å². The number of ketones is 1. The molecular formula is C21H21Cl2NO5S. The quantitative estimate of drug-likeness (QED) is 0.356. The molecule has 30 heavy (non-hydrogen) atoms. The monoisotopic (exact) mass is 469 g/mol. The van der Waals surface area contributed by atoms with Crippen molar-refractivity contribution in [1.82, 2.24) is 4.90 Å². The van der Waals surface area contributed by atoms with Crippen molar-refractivity contribution >= 4 is 52.0 Å². The minimum absolute atomic E-state index is 0.0189. The zero-order valence-electron chi connectivity index (χ0n) is 16.9. The highest BCUT2D eigenvalue weighted by Gasteiger charge is 2.47. The lowest BCUT2D eigenvalue weighted by Crippen LogP contribution is -2.30. The number of halogens is 2. The molecule has 2 heterocycles. The van der Waals surface area contributed by atoms with E-state index in [4.69, 9.17) is 32.7 Å². The molecule has 1 aromatic heterocycles. The maximum absolute atomic E-state index is 13.0. The van der Waals surface area contributed by atoms with E-state index >= 15 is 0 Å². The average molecular weight is 470 g/mol. The van der Waals surface area contributed by atoms with Gasteiger partial charge >= 0.3 is 0 Å². The second kappa shape index (κ2) is 8.88. The SMILES string of the molecule is CCCN1C(=O)C(=O)/C(=C(/O)c2cc(Cl)c(OC)c(Cl)c2OC)C1c1sccc1C. The largest absolute Gasteiger partial charge is 0.507 e. The Morgan fingerprint density at radius 3 is 2.43 bits per heavy atom. The van der Waals surface area contributed by atoms with Crippen molar-refractivity contribution in [3.63, 3.8) is 0 Å². The van der Waals surface area contributed by atoms with Gasteiger partial charge in [0.2, 0.25) is 0 Å². The lowest BCUT2D eigenvalue weighted by Gasteiger charge is -2.24. The van der Waals surface area contributed by atoms with E-state index in [-0.39, 0.29) is 32.7 Å². The van der Waals surface area contributed by atoms with Crippen LogP contribution in [0.1, 0.15) is 35.4 Å². The lowest BCUT2D eigenvalue weighted by molar-refractivity contribution is -0.139. The van der Waals surface area contributed by atoms with Crippen LogP contribution in [0.4, 0.5) is 0 Å². The summed E-state index contributed by atoms with van der Waals surface area (Å²) in [4.78, 5) is 28.1. The molecule has 1 aromatic carbocycles. The molecule has 1 unspecified atom stereocenters. The van der Waals surface area contributed by atoms with E-state index in [1.165, 1.54) is 36.5 Å². The third kappa shape index (κ3) is 3.55. The van der Waals surface area contributed by atoms with Gasteiger partial charge in [0.1, 0.15) is 10.8 Å². The fourth-order valence-corrected chi connectivity index (χ4v) is 5.31. The standard InChI is InChI=1S/C21H21Cl2NO5S/c1-5-7-24-15(20-10(2)6-8-30-20)13(17(26)21(24)27)16(25)11-9-12(22)19(29-4)14(23)18(11)28-3/h6,8-9,15,25H,5,7H2,1-4H3/b16-13+. The van der Waals surface area contributed by atoms with Crippen LogP contribution in [-0.2, 0) is 9.59 Å². The first-order valence-electron chi connectivity index (χ1n) is 9.21. The molecule has 6 nitrogen and oxygen atoms in total. The summed E-state index contributed by atoms with van der Waals surface area (Å²) in [7, 11) is 2.78. The van der Waals surface area contributed by atoms with Gasteiger partial charge in [0.15, 0.2) is 11.5 Å². The Hall–Kier alpha value is -2.22. The highest BCUT2D eigenvalue weighted by Crippen LogP contribution is 2.48. The number of rotatable bonds is 6. The molecule has 0 spiro atoms. The normalized spacial score (nSPS) is 18.2. The summed E-state index contributed by atoms with van der Waals surface area (Å²) < 4.78 is 10.6. The van der Waals surface area contributed by atoms with Gasteiger partial charge in [-0.2, -0.15) is 0 Å². The van der Waals surface area contributed by atoms with Gasteiger partial charge in [-0.05, 0) is 36.4 Å². The van der Waals surface area contributed by atoms with Crippen molar-refractivity contribution in [3.8, 4) is 11.5 Å². The molecule has 2 aromatic rings. The summed E-state index contributed by atoms with van der Waals surface area (Å²) >= 11 is 14.0. The fraction of sp³-hybridized carbons (Fsp3) is 0.333. The van der Waals surface area contributed by atoms with Gasteiger partial charge in [-0.25, -0.2) is 0 Å². The number of aliphatic hydroxyl groups is 1. The summed E-state index contributed by atoms with van der Waals surface area (Å²) in [6.45, 7) is 4.20. The molecular weight excluding hydrogens is 449 g/mol. The van der Waals surface area contributed by atoms with E-state index in [1.54, 1.807) is 0 Å².